The lowest BCUT2D eigenvalue weighted by atomic mass is 10.0. The molecule has 48 heavy (non-hydrogen) atoms. The number of unbranched alkanes of at least 4 members (excludes halogenated alkanes) is 34. The second-order valence-corrected chi connectivity index (χ2v) is 15.1. The molecular formula is C44H87NO3. The van der Waals surface area contributed by atoms with Gasteiger partial charge in [0.1, 0.15) is 0 Å². The molecular weight excluding hydrogens is 590 g/mol. The highest BCUT2D eigenvalue weighted by Crippen LogP contribution is 2.16. The van der Waals surface area contributed by atoms with Gasteiger partial charge in [-0.1, -0.05) is 232 Å². The molecule has 0 aliphatic carbocycles. The van der Waals surface area contributed by atoms with Gasteiger partial charge in [-0.25, -0.2) is 0 Å². The van der Waals surface area contributed by atoms with E-state index in [1.165, 1.54) is 212 Å². The highest BCUT2D eigenvalue weighted by atomic mass is 16.5. The number of carbonyl (C=O) groups excluding carboxylic acids is 2. The fourth-order valence-electron chi connectivity index (χ4n) is 6.82. The van der Waals surface area contributed by atoms with Crippen LogP contribution in [-0.2, 0) is 14.3 Å². The third kappa shape index (κ3) is 41.1. The quantitative estimate of drug-likeness (QED) is 0.0517. The van der Waals surface area contributed by atoms with Gasteiger partial charge in [0.05, 0.1) is 13.0 Å². The number of hydrogen-bond donors (Lipinski definition) is 1. The molecule has 0 saturated heterocycles. The van der Waals surface area contributed by atoms with Crippen molar-refractivity contribution in [2.24, 2.45) is 0 Å². The summed E-state index contributed by atoms with van der Waals surface area (Å²) in [4.78, 5) is 24.0. The third-order valence-corrected chi connectivity index (χ3v) is 10.2. The van der Waals surface area contributed by atoms with Gasteiger partial charge >= 0.3 is 5.97 Å². The van der Waals surface area contributed by atoms with E-state index in [-0.39, 0.29) is 24.7 Å². The van der Waals surface area contributed by atoms with E-state index in [4.69, 9.17) is 4.74 Å². The first-order valence-corrected chi connectivity index (χ1v) is 22.1. The predicted octanol–water partition coefficient (Wildman–Crippen LogP) is 14.5. The average molecular weight is 678 g/mol. The summed E-state index contributed by atoms with van der Waals surface area (Å²) >= 11 is 0. The van der Waals surface area contributed by atoms with Gasteiger partial charge in [-0.3, -0.25) is 9.59 Å². The molecule has 0 bridgehead atoms. The van der Waals surface area contributed by atoms with Crippen molar-refractivity contribution in [2.75, 3.05) is 13.2 Å². The van der Waals surface area contributed by atoms with Crippen molar-refractivity contribution in [1.29, 1.82) is 0 Å². The van der Waals surface area contributed by atoms with Crippen LogP contribution in [0, 0.1) is 0 Å². The molecule has 0 unspecified atom stereocenters. The summed E-state index contributed by atoms with van der Waals surface area (Å²) in [7, 11) is 0. The van der Waals surface area contributed by atoms with E-state index >= 15 is 0 Å². The zero-order valence-electron chi connectivity index (χ0n) is 33.0. The summed E-state index contributed by atoms with van der Waals surface area (Å²) in [6, 6.07) is 0. The maximum absolute atomic E-state index is 12.1. The molecule has 4 nitrogen and oxygen atoms in total. The van der Waals surface area contributed by atoms with Gasteiger partial charge in [-0.15, -0.1) is 0 Å². The highest BCUT2D eigenvalue weighted by Gasteiger charge is 2.07. The normalized spacial score (nSPS) is 11.3. The van der Waals surface area contributed by atoms with Gasteiger partial charge in [0, 0.05) is 13.0 Å². The van der Waals surface area contributed by atoms with Gasteiger partial charge in [-0.05, 0) is 12.8 Å². The van der Waals surface area contributed by atoms with Crippen LogP contribution >= 0.6 is 0 Å². The molecule has 0 radical (unpaired) electrons. The molecule has 4 heteroatoms. The molecule has 0 rings (SSSR count). The summed E-state index contributed by atoms with van der Waals surface area (Å²) in [5.74, 6) is -0.253. The van der Waals surface area contributed by atoms with Gasteiger partial charge in [0.25, 0.3) is 0 Å². The molecule has 0 fully saturated rings. The minimum Gasteiger partial charge on any atom is -0.466 e. The Kier molecular flexibility index (Phi) is 41.2. The highest BCUT2D eigenvalue weighted by molar-refractivity contribution is 5.81. The lowest BCUT2D eigenvalue weighted by molar-refractivity contribution is -0.145. The molecule has 1 amide bonds. The first-order chi connectivity index (χ1) is 23.7. The van der Waals surface area contributed by atoms with E-state index < -0.39 is 0 Å². The fraction of sp³-hybridized carbons (Fsp3) is 0.955. The molecule has 286 valence electrons. The summed E-state index contributed by atoms with van der Waals surface area (Å²) in [5, 5.41) is 2.97. The molecule has 0 aromatic carbocycles. The Balaban J connectivity index is 3.25. The number of carbonyl (C=O) groups is 2. The van der Waals surface area contributed by atoms with Gasteiger partial charge in [-0.2, -0.15) is 0 Å². The van der Waals surface area contributed by atoms with Crippen LogP contribution in [0.5, 0.6) is 0 Å². The SMILES string of the molecule is CCCCCCCCCCCCCCCCCCCCCCOC(=O)CCC(=O)NCCCCCCCCCCCCCCCCCC. The van der Waals surface area contributed by atoms with Gasteiger partial charge in [0.2, 0.25) is 5.91 Å². The van der Waals surface area contributed by atoms with E-state index in [0.29, 0.717) is 6.61 Å². The summed E-state index contributed by atoms with van der Waals surface area (Å²) < 4.78 is 5.35. The van der Waals surface area contributed by atoms with Crippen LogP contribution in [0.2, 0.25) is 0 Å². The van der Waals surface area contributed by atoms with Crippen LogP contribution in [0.3, 0.4) is 0 Å². The number of ether oxygens (including phenoxy) is 1. The Bertz CT molecular complexity index is 637. The number of amides is 1. The Morgan fingerprint density at radius 1 is 0.354 bits per heavy atom. The van der Waals surface area contributed by atoms with Crippen LogP contribution in [0.15, 0.2) is 0 Å². The standard InChI is InChI=1S/C44H87NO3/c1-3-5-7-9-11-13-15-17-19-21-22-23-24-26-28-30-32-34-36-38-42-48-44(47)40-39-43(46)45-41-37-35-33-31-29-27-25-20-18-16-14-12-10-8-6-4-2/h3-42H2,1-2H3,(H,45,46). The molecule has 1 N–H and O–H groups in total. The van der Waals surface area contributed by atoms with Crippen molar-refractivity contribution in [3.63, 3.8) is 0 Å². The van der Waals surface area contributed by atoms with Crippen LogP contribution < -0.4 is 5.32 Å². The van der Waals surface area contributed by atoms with Gasteiger partial charge < -0.3 is 10.1 Å². The third-order valence-electron chi connectivity index (χ3n) is 10.2. The minimum absolute atomic E-state index is 0.0216. The first-order valence-electron chi connectivity index (χ1n) is 22.1. The lowest BCUT2D eigenvalue weighted by Crippen LogP contribution is -2.25. The molecule has 0 aliphatic rings. The number of nitrogens with one attached hydrogen (secondary N) is 1. The largest absolute Gasteiger partial charge is 0.466 e. The Hall–Kier alpha value is -1.06. The molecule has 0 atom stereocenters. The number of rotatable bonds is 41. The van der Waals surface area contributed by atoms with Crippen molar-refractivity contribution < 1.29 is 14.3 Å². The summed E-state index contributed by atoms with van der Waals surface area (Å²) in [6.07, 6.45) is 49.4. The molecule has 0 aromatic rings. The van der Waals surface area contributed by atoms with E-state index in [1.54, 1.807) is 0 Å². The average Bonchev–Trinajstić information content (AvgIpc) is 3.09. The Labute approximate surface area is 301 Å². The minimum atomic E-state index is -0.231. The van der Waals surface area contributed by atoms with Crippen molar-refractivity contribution in [1.82, 2.24) is 5.32 Å². The zero-order valence-corrected chi connectivity index (χ0v) is 33.0. The summed E-state index contributed by atoms with van der Waals surface area (Å²) in [6.45, 7) is 5.80. The Morgan fingerprint density at radius 2 is 0.625 bits per heavy atom. The smallest absolute Gasteiger partial charge is 0.306 e. The first kappa shape index (κ1) is 46.9. The van der Waals surface area contributed by atoms with Crippen molar-refractivity contribution in [2.45, 2.75) is 258 Å². The van der Waals surface area contributed by atoms with Crippen LogP contribution in [0.25, 0.3) is 0 Å². The molecule has 0 aliphatic heterocycles. The predicted molar refractivity (Wildman–Crippen MR) is 211 cm³/mol. The zero-order chi connectivity index (χ0) is 34.9. The molecule has 0 heterocycles. The number of esters is 1. The van der Waals surface area contributed by atoms with Gasteiger partial charge in [0.15, 0.2) is 0 Å². The molecule has 0 saturated carbocycles. The second-order valence-electron chi connectivity index (χ2n) is 15.1. The van der Waals surface area contributed by atoms with E-state index in [9.17, 15) is 9.59 Å². The molecule has 0 aromatic heterocycles. The van der Waals surface area contributed by atoms with E-state index in [1.807, 2.05) is 0 Å². The van der Waals surface area contributed by atoms with Crippen LogP contribution in [-0.4, -0.2) is 25.0 Å². The topological polar surface area (TPSA) is 55.4 Å². The number of hydrogen-bond acceptors (Lipinski definition) is 3. The second kappa shape index (κ2) is 42.1. The lowest BCUT2D eigenvalue weighted by Gasteiger charge is -2.07. The van der Waals surface area contributed by atoms with Crippen molar-refractivity contribution >= 4 is 11.9 Å². The maximum Gasteiger partial charge on any atom is 0.306 e. The summed E-state index contributed by atoms with van der Waals surface area (Å²) in [5.41, 5.74) is 0. The van der Waals surface area contributed by atoms with Crippen molar-refractivity contribution in [3.05, 3.63) is 0 Å². The van der Waals surface area contributed by atoms with Crippen LogP contribution in [0.4, 0.5) is 0 Å². The van der Waals surface area contributed by atoms with Crippen LogP contribution in [0.1, 0.15) is 258 Å². The monoisotopic (exact) mass is 678 g/mol. The fourth-order valence-corrected chi connectivity index (χ4v) is 6.82. The van der Waals surface area contributed by atoms with E-state index in [0.717, 1.165) is 25.8 Å². The maximum atomic E-state index is 12.1. The van der Waals surface area contributed by atoms with Crippen molar-refractivity contribution in [3.8, 4) is 0 Å². The Morgan fingerprint density at radius 3 is 0.938 bits per heavy atom. The van der Waals surface area contributed by atoms with E-state index in [2.05, 4.69) is 19.2 Å². The molecule has 0 spiro atoms.